The monoisotopic (exact) mass is 280 g/mol. The summed E-state index contributed by atoms with van der Waals surface area (Å²) in [4.78, 5) is 28.0. The standard InChI is InChI=1S/C13H20N4O3/c1-8-6-15-11(9(2)12(8)17(19)20)7-14-10(3)13(18)16(4)5/h6,10,14H,7H2,1-5H3. The van der Waals surface area contributed by atoms with Gasteiger partial charge in [-0.05, 0) is 20.8 Å². The third kappa shape index (κ3) is 3.51. The van der Waals surface area contributed by atoms with Gasteiger partial charge in [-0.25, -0.2) is 0 Å². The van der Waals surface area contributed by atoms with Gasteiger partial charge < -0.3 is 10.2 Å². The fourth-order valence-electron chi connectivity index (χ4n) is 1.95. The lowest BCUT2D eigenvalue weighted by Gasteiger charge is -2.18. The van der Waals surface area contributed by atoms with Crippen LogP contribution < -0.4 is 5.32 Å². The molecule has 0 saturated carbocycles. The summed E-state index contributed by atoms with van der Waals surface area (Å²) in [5.41, 5.74) is 1.74. The van der Waals surface area contributed by atoms with Crippen molar-refractivity contribution in [2.75, 3.05) is 14.1 Å². The van der Waals surface area contributed by atoms with Gasteiger partial charge in [0.15, 0.2) is 0 Å². The highest BCUT2D eigenvalue weighted by atomic mass is 16.6. The summed E-state index contributed by atoms with van der Waals surface area (Å²) in [5, 5.41) is 14.1. The molecule has 1 heterocycles. The van der Waals surface area contributed by atoms with Gasteiger partial charge in [0.05, 0.1) is 16.7 Å². The van der Waals surface area contributed by atoms with Crippen molar-refractivity contribution < 1.29 is 9.72 Å². The Kier molecular flexibility index (Phi) is 5.15. The SMILES string of the molecule is Cc1cnc(CNC(C)C(=O)N(C)C)c(C)c1[N+](=O)[O-]. The number of likely N-dealkylation sites (N-methyl/N-ethyl adjacent to an activating group) is 1. The second kappa shape index (κ2) is 6.42. The Morgan fingerprint density at radius 1 is 1.50 bits per heavy atom. The van der Waals surface area contributed by atoms with E-state index in [1.807, 2.05) is 0 Å². The summed E-state index contributed by atoms with van der Waals surface area (Å²) in [6.07, 6.45) is 1.49. The van der Waals surface area contributed by atoms with E-state index >= 15 is 0 Å². The first-order valence-corrected chi connectivity index (χ1v) is 6.29. The maximum Gasteiger partial charge on any atom is 0.278 e. The molecule has 0 fully saturated rings. The van der Waals surface area contributed by atoms with Crippen LogP contribution in [0.2, 0.25) is 0 Å². The van der Waals surface area contributed by atoms with Gasteiger partial charge in [0.1, 0.15) is 0 Å². The summed E-state index contributed by atoms with van der Waals surface area (Å²) in [5.74, 6) is -0.0516. The number of nitrogens with zero attached hydrogens (tertiary/aromatic N) is 3. The van der Waals surface area contributed by atoms with Crippen LogP contribution in [-0.4, -0.2) is 40.9 Å². The Hall–Kier alpha value is -2.02. The highest BCUT2D eigenvalue weighted by molar-refractivity contribution is 5.80. The van der Waals surface area contributed by atoms with Crippen molar-refractivity contribution in [3.8, 4) is 0 Å². The summed E-state index contributed by atoms with van der Waals surface area (Å²) >= 11 is 0. The molecule has 7 nitrogen and oxygen atoms in total. The smallest absolute Gasteiger partial charge is 0.278 e. The van der Waals surface area contributed by atoms with Crippen molar-refractivity contribution in [2.45, 2.75) is 33.4 Å². The molecule has 7 heteroatoms. The largest absolute Gasteiger partial charge is 0.347 e. The lowest BCUT2D eigenvalue weighted by molar-refractivity contribution is -0.386. The number of nitro groups is 1. The summed E-state index contributed by atoms with van der Waals surface area (Å²) in [7, 11) is 3.36. The topological polar surface area (TPSA) is 88.4 Å². The molecule has 0 aliphatic carbocycles. The van der Waals surface area contributed by atoms with Crippen LogP contribution in [-0.2, 0) is 11.3 Å². The average molecular weight is 280 g/mol. The lowest BCUT2D eigenvalue weighted by Crippen LogP contribution is -2.41. The zero-order valence-electron chi connectivity index (χ0n) is 12.4. The minimum atomic E-state index is -0.399. The molecule has 1 rings (SSSR count). The van der Waals surface area contributed by atoms with E-state index in [-0.39, 0.29) is 17.6 Å². The predicted molar refractivity (Wildman–Crippen MR) is 75.4 cm³/mol. The molecule has 0 aliphatic rings. The van der Waals surface area contributed by atoms with Crippen molar-refractivity contribution in [2.24, 2.45) is 0 Å². The van der Waals surface area contributed by atoms with E-state index in [0.29, 0.717) is 23.4 Å². The molecule has 110 valence electrons. The van der Waals surface area contributed by atoms with Gasteiger partial charge in [0.2, 0.25) is 5.91 Å². The zero-order chi connectivity index (χ0) is 15.4. The van der Waals surface area contributed by atoms with E-state index in [1.54, 1.807) is 34.9 Å². The number of nitrogens with one attached hydrogen (secondary N) is 1. The van der Waals surface area contributed by atoms with E-state index in [4.69, 9.17) is 0 Å². The fourth-order valence-corrected chi connectivity index (χ4v) is 1.95. The molecule has 0 aliphatic heterocycles. The van der Waals surface area contributed by atoms with Crippen LogP contribution >= 0.6 is 0 Å². The van der Waals surface area contributed by atoms with Gasteiger partial charge in [-0.2, -0.15) is 0 Å². The molecule has 1 amide bonds. The third-order valence-electron chi connectivity index (χ3n) is 3.15. The van der Waals surface area contributed by atoms with Crippen molar-refractivity contribution in [3.63, 3.8) is 0 Å². The first-order chi connectivity index (χ1) is 9.25. The van der Waals surface area contributed by atoms with Crippen LogP contribution in [0, 0.1) is 24.0 Å². The Morgan fingerprint density at radius 2 is 2.10 bits per heavy atom. The molecule has 0 radical (unpaired) electrons. The third-order valence-corrected chi connectivity index (χ3v) is 3.15. The number of pyridine rings is 1. The van der Waals surface area contributed by atoms with Gasteiger partial charge in [0, 0.05) is 38.0 Å². The predicted octanol–water partition coefficient (Wildman–Crippen LogP) is 1.17. The molecule has 1 atom stereocenters. The average Bonchev–Trinajstić information content (AvgIpc) is 2.36. The molecular weight excluding hydrogens is 260 g/mol. The Balaban J connectivity index is 2.87. The van der Waals surface area contributed by atoms with E-state index in [1.165, 1.54) is 11.1 Å². The number of aryl methyl sites for hydroxylation is 1. The van der Waals surface area contributed by atoms with Gasteiger partial charge >= 0.3 is 0 Å². The number of amides is 1. The molecule has 1 unspecified atom stereocenters. The molecule has 0 bridgehead atoms. The first-order valence-electron chi connectivity index (χ1n) is 6.29. The minimum absolute atomic E-state index is 0.0516. The van der Waals surface area contributed by atoms with Crippen LogP contribution in [0.3, 0.4) is 0 Å². The van der Waals surface area contributed by atoms with Crippen LogP contribution in [0.1, 0.15) is 23.7 Å². The first kappa shape index (κ1) is 16.0. The van der Waals surface area contributed by atoms with Crippen LogP contribution in [0.5, 0.6) is 0 Å². The molecule has 1 aromatic heterocycles. The number of hydrogen-bond donors (Lipinski definition) is 1. The Morgan fingerprint density at radius 3 is 2.60 bits per heavy atom. The second-order valence-corrected chi connectivity index (χ2v) is 4.95. The molecule has 0 spiro atoms. The number of carbonyl (C=O) groups excluding carboxylic acids is 1. The van der Waals surface area contributed by atoms with Gasteiger partial charge in [-0.3, -0.25) is 19.9 Å². The molecule has 1 N–H and O–H groups in total. The van der Waals surface area contributed by atoms with Gasteiger partial charge in [0.25, 0.3) is 5.69 Å². The number of hydrogen-bond acceptors (Lipinski definition) is 5. The van der Waals surface area contributed by atoms with Gasteiger partial charge in [-0.1, -0.05) is 0 Å². The molecule has 0 aromatic carbocycles. The summed E-state index contributed by atoms with van der Waals surface area (Å²) in [6.45, 7) is 5.40. The van der Waals surface area contributed by atoms with Crippen LogP contribution in [0.25, 0.3) is 0 Å². The summed E-state index contributed by atoms with van der Waals surface area (Å²) < 4.78 is 0. The van der Waals surface area contributed by atoms with Crippen molar-refractivity contribution in [1.29, 1.82) is 0 Å². The normalized spacial score (nSPS) is 12.1. The van der Waals surface area contributed by atoms with Crippen molar-refractivity contribution in [1.82, 2.24) is 15.2 Å². The molecule has 1 aromatic rings. The molecule has 20 heavy (non-hydrogen) atoms. The highest BCUT2D eigenvalue weighted by Gasteiger charge is 2.20. The highest BCUT2D eigenvalue weighted by Crippen LogP contribution is 2.23. The maximum absolute atomic E-state index is 11.7. The van der Waals surface area contributed by atoms with E-state index in [9.17, 15) is 14.9 Å². The number of carbonyl (C=O) groups is 1. The van der Waals surface area contributed by atoms with Crippen molar-refractivity contribution in [3.05, 3.63) is 33.1 Å². The van der Waals surface area contributed by atoms with Crippen LogP contribution in [0.15, 0.2) is 6.20 Å². The minimum Gasteiger partial charge on any atom is -0.347 e. The lowest BCUT2D eigenvalue weighted by atomic mass is 10.1. The fraction of sp³-hybridized carbons (Fsp3) is 0.538. The van der Waals surface area contributed by atoms with Gasteiger partial charge in [-0.15, -0.1) is 0 Å². The Labute approximate surface area is 118 Å². The van der Waals surface area contributed by atoms with E-state index in [0.717, 1.165) is 0 Å². The van der Waals surface area contributed by atoms with Crippen LogP contribution in [0.4, 0.5) is 5.69 Å². The molecule has 0 saturated heterocycles. The maximum atomic E-state index is 11.7. The van der Waals surface area contributed by atoms with E-state index < -0.39 is 4.92 Å². The van der Waals surface area contributed by atoms with Crippen molar-refractivity contribution >= 4 is 11.6 Å². The zero-order valence-corrected chi connectivity index (χ0v) is 12.4. The number of rotatable bonds is 5. The molecular formula is C13H20N4O3. The van der Waals surface area contributed by atoms with E-state index in [2.05, 4.69) is 10.3 Å². The number of aromatic nitrogens is 1. The quantitative estimate of drug-likeness (QED) is 0.646. The Bertz CT molecular complexity index is 529. The summed E-state index contributed by atoms with van der Waals surface area (Å²) in [6, 6.07) is -0.369. The second-order valence-electron chi connectivity index (χ2n) is 4.95.